The van der Waals surface area contributed by atoms with Crippen LogP contribution in [0.3, 0.4) is 0 Å². The van der Waals surface area contributed by atoms with Gasteiger partial charge in [0.25, 0.3) is 11.8 Å². The molecule has 0 atom stereocenters. The summed E-state index contributed by atoms with van der Waals surface area (Å²) in [6.45, 7) is 1.52. The van der Waals surface area contributed by atoms with Gasteiger partial charge in [0.05, 0.1) is 5.56 Å². The smallest absolute Gasteiger partial charge is 0.338 e. The van der Waals surface area contributed by atoms with Gasteiger partial charge in [-0.2, -0.15) is 0 Å². The molecule has 1 N–H and O–H groups in total. The summed E-state index contributed by atoms with van der Waals surface area (Å²) in [6, 6.07) is 1.37. The van der Waals surface area contributed by atoms with Gasteiger partial charge in [0, 0.05) is 11.6 Å². The molecule has 16 heavy (non-hydrogen) atoms. The Hall–Kier alpha value is -1.95. The molecule has 2 heterocycles. The maximum absolute atomic E-state index is 11.6. The number of aromatic carboxylic acids is 1. The van der Waals surface area contributed by atoms with Crippen LogP contribution in [0.1, 0.15) is 17.3 Å². The van der Waals surface area contributed by atoms with Crippen LogP contribution in [0, 0.1) is 0 Å². The van der Waals surface area contributed by atoms with E-state index >= 15 is 0 Å². The van der Waals surface area contributed by atoms with Crippen molar-refractivity contribution in [3.8, 4) is 0 Å². The average molecular weight is 237 g/mol. The topological polar surface area (TPSA) is 74.7 Å². The molecule has 0 aromatic carbocycles. The zero-order chi connectivity index (χ0) is 11.9. The van der Waals surface area contributed by atoms with Gasteiger partial charge in [-0.25, -0.2) is 9.69 Å². The molecular weight excluding hydrogens is 230 g/mol. The Labute approximate surface area is 94.6 Å². The molecule has 5 nitrogen and oxygen atoms in total. The van der Waals surface area contributed by atoms with Crippen molar-refractivity contribution in [1.82, 2.24) is 0 Å². The summed E-state index contributed by atoms with van der Waals surface area (Å²) in [5.41, 5.74) is 0.282. The molecule has 1 aliphatic rings. The van der Waals surface area contributed by atoms with Gasteiger partial charge in [0.2, 0.25) is 0 Å². The first kappa shape index (κ1) is 10.6. The third-order valence-corrected chi connectivity index (χ3v) is 3.08. The third-order valence-electron chi connectivity index (χ3n) is 2.18. The van der Waals surface area contributed by atoms with Crippen LogP contribution in [0.25, 0.3) is 0 Å². The van der Waals surface area contributed by atoms with E-state index in [0.29, 0.717) is 5.57 Å². The monoisotopic (exact) mass is 237 g/mol. The summed E-state index contributed by atoms with van der Waals surface area (Å²) < 4.78 is 0. The van der Waals surface area contributed by atoms with Crippen molar-refractivity contribution in [2.24, 2.45) is 0 Å². The SMILES string of the molecule is CC1=CC(=O)N(c2sccc2C(=O)O)C1=O. The second-order valence-corrected chi connectivity index (χ2v) is 4.15. The largest absolute Gasteiger partial charge is 0.478 e. The van der Waals surface area contributed by atoms with E-state index in [1.807, 2.05) is 0 Å². The van der Waals surface area contributed by atoms with Crippen LogP contribution in [-0.2, 0) is 9.59 Å². The summed E-state index contributed by atoms with van der Waals surface area (Å²) >= 11 is 1.05. The van der Waals surface area contributed by atoms with E-state index < -0.39 is 17.8 Å². The van der Waals surface area contributed by atoms with Crippen molar-refractivity contribution in [3.05, 3.63) is 28.7 Å². The van der Waals surface area contributed by atoms with E-state index in [2.05, 4.69) is 0 Å². The van der Waals surface area contributed by atoms with Gasteiger partial charge in [0.1, 0.15) is 5.00 Å². The highest BCUT2D eigenvalue weighted by Crippen LogP contribution is 2.31. The normalized spacial score (nSPS) is 15.6. The number of carbonyl (C=O) groups is 3. The first-order chi connectivity index (χ1) is 7.52. The minimum Gasteiger partial charge on any atom is -0.478 e. The number of amides is 2. The Morgan fingerprint density at radius 3 is 2.62 bits per heavy atom. The van der Waals surface area contributed by atoms with E-state index in [1.54, 1.807) is 0 Å². The molecule has 0 saturated carbocycles. The minimum absolute atomic E-state index is 0.0326. The third kappa shape index (κ3) is 1.43. The van der Waals surface area contributed by atoms with Gasteiger partial charge >= 0.3 is 5.97 Å². The molecule has 1 aliphatic heterocycles. The molecular formula is C10H7NO4S. The number of hydrogen-bond donors (Lipinski definition) is 1. The van der Waals surface area contributed by atoms with Gasteiger partial charge in [-0.05, 0) is 18.4 Å². The number of carboxylic acids is 1. The standard InChI is InChI=1S/C10H7NO4S/c1-5-4-7(12)11(8(5)13)9-6(10(14)15)2-3-16-9/h2-4H,1H3,(H,14,15). The minimum atomic E-state index is -1.15. The van der Waals surface area contributed by atoms with Crippen molar-refractivity contribution in [1.29, 1.82) is 0 Å². The number of hydrogen-bond acceptors (Lipinski definition) is 4. The highest BCUT2D eigenvalue weighted by atomic mass is 32.1. The molecule has 0 saturated heterocycles. The summed E-state index contributed by atoms with van der Waals surface area (Å²) in [5, 5.41) is 10.6. The number of carboxylic acid groups (broad SMARTS) is 1. The molecule has 2 amide bonds. The lowest BCUT2D eigenvalue weighted by Gasteiger charge is -2.12. The second-order valence-electron chi connectivity index (χ2n) is 3.25. The van der Waals surface area contributed by atoms with Crippen LogP contribution in [-0.4, -0.2) is 22.9 Å². The van der Waals surface area contributed by atoms with Crippen LogP contribution in [0.2, 0.25) is 0 Å². The lowest BCUT2D eigenvalue weighted by atomic mass is 10.3. The summed E-state index contributed by atoms with van der Waals surface area (Å²) in [6.07, 6.45) is 1.20. The first-order valence-electron chi connectivity index (χ1n) is 4.40. The van der Waals surface area contributed by atoms with E-state index in [1.165, 1.54) is 24.4 Å². The predicted molar refractivity (Wildman–Crippen MR) is 57.5 cm³/mol. The zero-order valence-electron chi connectivity index (χ0n) is 8.26. The number of rotatable bonds is 2. The van der Waals surface area contributed by atoms with E-state index in [4.69, 9.17) is 5.11 Å². The Balaban J connectivity index is 2.47. The summed E-state index contributed by atoms with van der Waals surface area (Å²) in [7, 11) is 0. The number of nitrogens with zero attached hydrogens (tertiary/aromatic N) is 1. The fourth-order valence-electron chi connectivity index (χ4n) is 1.42. The van der Waals surface area contributed by atoms with Crippen LogP contribution in [0.4, 0.5) is 5.00 Å². The van der Waals surface area contributed by atoms with Crippen molar-refractivity contribution in [2.45, 2.75) is 6.92 Å². The molecule has 2 rings (SSSR count). The Morgan fingerprint density at radius 1 is 1.44 bits per heavy atom. The van der Waals surface area contributed by atoms with Crippen LogP contribution < -0.4 is 4.90 Å². The molecule has 0 radical (unpaired) electrons. The molecule has 0 spiro atoms. The molecule has 0 unspecified atom stereocenters. The molecule has 82 valence electrons. The van der Waals surface area contributed by atoms with Gasteiger partial charge in [-0.15, -0.1) is 11.3 Å². The predicted octanol–water partition coefficient (Wildman–Crippen LogP) is 1.27. The molecule has 0 bridgehead atoms. The van der Waals surface area contributed by atoms with Gasteiger partial charge in [-0.3, -0.25) is 9.59 Å². The molecule has 1 aromatic heterocycles. The van der Waals surface area contributed by atoms with Crippen molar-refractivity contribution < 1.29 is 19.5 Å². The molecule has 0 fully saturated rings. The second kappa shape index (κ2) is 3.57. The Kier molecular flexibility index (Phi) is 2.35. The highest BCUT2D eigenvalue weighted by Gasteiger charge is 2.33. The fraction of sp³-hybridized carbons (Fsp3) is 0.100. The van der Waals surface area contributed by atoms with Crippen LogP contribution >= 0.6 is 11.3 Å². The Morgan fingerprint density at radius 2 is 2.12 bits per heavy atom. The number of carbonyl (C=O) groups excluding carboxylic acids is 2. The van der Waals surface area contributed by atoms with E-state index in [-0.39, 0.29) is 10.6 Å². The first-order valence-corrected chi connectivity index (χ1v) is 5.28. The Bertz CT molecular complexity index is 529. The number of anilines is 1. The van der Waals surface area contributed by atoms with Crippen LogP contribution in [0.5, 0.6) is 0 Å². The summed E-state index contributed by atoms with van der Waals surface area (Å²) in [5.74, 6) is -2.11. The molecule has 0 aliphatic carbocycles. The number of imide groups is 1. The average Bonchev–Trinajstić information content (AvgIpc) is 2.73. The maximum Gasteiger partial charge on any atom is 0.338 e. The summed E-state index contributed by atoms with van der Waals surface area (Å²) in [4.78, 5) is 34.9. The lowest BCUT2D eigenvalue weighted by molar-refractivity contribution is -0.120. The van der Waals surface area contributed by atoms with Crippen LogP contribution in [0.15, 0.2) is 23.1 Å². The maximum atomic E-state index is 11.6. The molecule has 1 aromatic rings. The van der Waals surface area contributed by atoms with Crippen molar-refractivity contribution in [2.75, 3.05) is 4.90 Å². The van der Waals surface area contributed by atoms with Crippen molar-refractivity contribution in [3.63, 3.8) is 0 Å². The number of thiophene rings is 1. The fourth-order valence-corrected chi connectivity index (χ4v) is 2.31. The van der Waals surface area contributed by atoms with Crippen molar-refractivity contribution >= 4 is 34.1 Å². The zero-order valence-corrected chi connectivity index (χ0v) is 9.08. The van der Waals surface area contributed by atoms with E-state index in [0.717, 1.165) is 16.2 Å². The lowest BCUT2D eigenvalue weighted by Crippen LogP contribution is -2.30. The quantitative estimate of drug-likeness (QED) is 0.786. The van der Waals surface area contributed by atoms with Gasteiger partial charge in [-0.1, -0.05) is 0 Å². The van der Waals surface area contributed by atoms with Gasteiger partial charge in [0.15, 0.2) is 0 Å². The molecule has 6 heteroatoms. The van der Waals surface area contributed by atoms with E-state index in [9.17, 15) is 14.4 Å². The van der Waals surface area contributed by atoms with Gasteiger partial charge < -0.3 is 5.11 Å². The highest BCUT2D eigenvalue weighted by molar-refractivity contribution is 7.15.